The van der Waals surface area contributed by atoms with Gasteiger partial charge in [0.2, 0.25) is 5.91 Å². The van der Waals surface area contributed by atoms with Gasteiger partial charge in [-0.05, 0) is 19.8 Å². The van der Waals surface area contributed by atoms with E-state index in [1.165, 1.54) is 0 Å². The molecular formula is C12H24N2O3. The van der Waals surface area contributed by atoms with E-state index in [1.54, 1.807) is 7.11 Å². The molecule has 0 saturated carbocycles. The molecule has 1 aliphatic rings. The Morgan fingerprint density at radius 2 is 2.35 bits per heavy atom. The molecule has 0 aromatic heterocycles. The monoisotopic (exact) mass is 244 g/mol. The molecule has 0 aliphatic carbocycles. The topological polar surface area (TPSA) is 64.8 Å². The average molecular weight is 244 g/mol. The summed E-state index contributed by atoms with van der Waals surface area (Å²) in [6.07, 6.45) is 1.51. The zero-order chi connectivity index (χ0) is 12.9. The van der Waals surface area contributed by atoms with Crippen molar-refractivity contribution in [1.82, 2.24) is 4.90 Å². The maximum Gasteiger partial charge on any atom is 0.245 e. The Morgan fingerprint density at radius 1 is 1.65 bits per heavy atom. The lowest BCUT2D eigenvalue weighted by molar-refractivity contribution is -0.139. The van der Waals surface area contributed by atoms with Gasteiger partial charge in [-0.2, -0.15) is 0 Å². The number of carbonyl (C=O) groups excluding carboxylic acids is 1. The molecule has 17 heavy (non-hydrogen) atoms. The van der Waals surface area contributed by atoms with E-state index in [0.717, 1.165) is 6.42 Å². The summed E-state index contributed by atoms with van der Waals surface area (Å²) in [4.78, 5) is 14.3. The van der Waals surface area contributed by atoms with Crippen LogP contribution >= 0.6 is 0 Å². The van der Waals surface area contributed by atoms with Crippen molar-refractivity contribution < 1.29 is 14.3 Å². The molecule has 2 atom stereocenters. The maximum atomic E-state index is 12.4. The summed E-state index contributed by atoms with van der Waals surface area (Å²) < 4.78 is 10.3. The lowest BCUT2D eigenvalue weighted by Gasteiger charge is -2.34. The number of rotatable bonds is 6. The van der Waals surface area contributed by atoms with Crippen LogP contribution in [0.5, 0.6) is 0 Å². The van der Waals surface area contributed by atoms with Crippen LogP contribution < -0.4 is 5.73 Å². The van der Waals surface area contributed by atoms with E-state index in [0.29, 0.717) is 32.8 Å². The second-order valence-electron chi connectivity index (χ2n) is 4.71. The highest BCUT2D eigenvalue weighted by atomic mass is 16.5. The summed E-state index contributed by atoms with van der Waals surface area (Å²) >= 11 is 0. The molecule has 0 aromatic carbocycles. The lowest BCUT2D eigenvalue weighted by Crippen LogP contribution is -2.58. The van der Waals surface area contributed by atoms with Gasteiger partial charge < -0.3 is 20.1 Å². The van der Waals surface area contributed by atoms with Gasteiger partial charge in [0.05, 0.1) is 13.2 Å². The normalized spacial score (nSPS) is 25.9. The van der Waals surface area contributed by atoms with Crippen LogP contribution in [-0.4, -0.2) is 55.9 Å². The fourth-order valence-corrected chi connectivity index (χ4v) is 1.97. The minimum atomic E-state index is -0.836. The number of ether oxygens (including phenoxy) is 2. The molecule has 1 rings (SSSR count). The molecule has 0 spiro atoms. The van der Waals surface area contributed by atoms with E-state index >= 15 is 0 Å². The largest absolute Gasteiger partial charge is 0.383 e. The van der Waals surface area contributed by atoms with Gasteiger partial charge in [0, 0.05) is 26.3 Å². The molecule has 1 heterocycles. The molecule has 2 unspecified atom stereocenters. The van der Waals surface area contributed by atoms with Crippen molar-refractivity contribution in [2.75, 3.05) is 33.5 Å². The fraction of sp³-hybridized carbons (Fsp3) is 0.917. The van der Waals surface area contributed by atoms with Crippen molar-refractivity contribution >= 4 is 5.91 Å². The first-order valence-electron chi connectivity index (χ1n) is 6.21. The van der Waals surface area contributed by atoms with Gasteiger partial charge in [0.1, 0.15) is 5.54 Å². The van der Waals surface area contributed by atoms with Gasteiger partial charge in [0.25, 0.3) is 0 Å². The molecule has 1 fully saturated rings. The lowest BCUT2D eigenvalue weighted by atomic mass is 9.97. The minimum Gasteiger partial charge on any atom is -0.383 e. The van der Waals surface area contributed by atoms with Crippen LogP contribution in [0, 0.1) is 0 Å². The summed E-state index contributed by atoms with van der Waals surface area (Å²) in [5, 5.41) is 0. The van der Waals surface area contributed by atoms with Gasteiger partial charge in [-0.3, -0.25) is 4.79 Å². The second-order valence-corrected chi connectivity index (χ2v) is 4.71. The summed E-state index contributed by atoms with van der Waals surface area (Å²) in [5.41, 5.74) is 5.27. The van der Waals surface area contributed by atoms with Crippen LogP contribution in [0.15, 0.2) is 0 Å². The van der Waals surface area contributed by atoms with Crippen molar-refractivity contribution in [3.8, 4) is 0 Å². The molecule has 0 radical (unpaired) electrons. The van der Waals surface area contributed by atoms with Gasteiger partial charge in [0.15, 0.2) is 0 Å². The third-order valence-corrected chi connectivity index (χ3v) is 3.40. The predicted molar refractivity (Wildman–Crippen MR) is 65.7 cm³/mol. The quantitative estimate of drug-likeness (QED) is 0.733. The number of amides is 1. The highest BCUT2D eigenvalue weighted by Crippen LogP contribution is 2.20. The summed E-state index contributed by atoms with van der Waals surface area (Å²) in [7, 11) is 1.64. The Kier molecular flexibility index (Phi) is 5.36. The first-order chi connectivity index (χ1) is 8.05. The van der Waals surface area contributed by atoms with Gasteiger partial charge >= 0.3 is 0 Å². The number of nitrogens with zero attached hydrogens (tertiary/aromatic N) is 1. The Balaban J connectivity index is 2.70. The highest BCUT2D eigenvalue weighted by Gasteiger charge is 2.41. The highest BCUT2D eigenvalue weighted by molar-refractivity contribution is 5.87. The number of nitrogens with two attached hydrogens (primary N) is 1. The molecule has 5 heteroatoms. The first-order valence-corrected chi connectivity index (χ1v) is 6.21. The van der Waals surface area contributed by atoms with E-state index in [4.69, 9.17) is 15.2 Å². The molecule has 0 bridgehead atoms. The molecule has 100 valence electrons. The summed E-state index contributed by atoms with van der Waals surface area (Å²) in [6, 6.07) is 0.179. The zero-order valence-electron chi connectivity index (χ0n) is 11.1. The standard InChI is InChI=1S/C12H24N2O3/c1-4-10(2)14(6-8-16-3)11(15)12(13)5-7-17-9-12/h10H,4-9,13H2,1-3H3. The first kappa shape index (κ1) is 14.4. The molecule has 0 aromatic rings. The molecule has 1 saturated heterocycles. The molecular weight excluding hydrogens is 220 g/mol. The predicted octanol–water partition coefficient (Wildman–Crippen LogP) is 0.378. The Labute approximate surface area is 103 Å². The van der Waals surface area contributed by atoms with Crippen LogP contribution in [-0.2, 0) is 14.3 Å². The van der Waals surface area contributed by atoms with Gasteiger partial charge in [-0.15, -0.1) is 0 Å². The van der Waals surface area contributed by atoms with E-state index < -0.39 is 5.54 Å². The van der Waals surface area contributed by atoms with Crippen LogP contribution in [0.25, 0.3) is 0 Å². The van der Waals surface area contributed by atoms with Crippen molar-refractivity contribution in [3.63, 3.8) is 0 Å². The van der Waals surface area contributed by atoms with Crippen LogP contribution in [0.1, 0.15) is 26.7 Å². The zero-order valence-corrected chi connectivity index (χ0v) is 11.1. The fourth-order valence-electron chi connectivity index (χ4n) is 1.97. The van der Waals surface area contributed by atoms with Crippen LogP contribution in [0.3, 0.4) is 0 Å². The third-order valence-electron chi connectivity index (χ3n) is 3.40. The van der Waals surface area contributed by atoms with Crippen LogP contribution in [0.2, 0.25) is 0 Å². The Bertz CT molecular complexity index is 252. The second kappa shape index (κ2) is 6.33. The van der Waals surface area contributed by atoms with Crippen LogP contribution in [0.4, 0.5) is 0 Å². The van der Waals surface area contributed by atoms with Gasteiger partial charge in [-0.1, -0.05) is 6.92 Å². The Morgan fingerprint density at radius 3 is 2.82 bits per heavy atom. The number of hydrogen-bond acceptors (Lipinski definition) is 4. The van der Waals surface area contributed by atoms with Crippen molar-refractivity contribution in [2.24, 2.45) is 5.73 Å². The van der Waals surface area contributed by atoms with Crippen molar-refractivity contribution in [3.05, 3.63) is 0 Å². The molecule has 5 nitrogen and oxygen atoms in total. The van der Waals surface area contributed by atoms with Crippen molar-refractivity contribution in [2.45, 2.75) is 38.3 Å². The molecule has 1 aliphatic heterocycles. The number of carbonyl (C=O) groups is 1. The molecule has 1 amide bonds. The maximum absolute atomic E-state index is 12.4. The smallest absolute Gasteiger partial charge is 0.245 e. The van der Waals surface area contributed by atoms with Crippen molar-refractivity contribution in [1.29, 1.82) is 0 Å². The SMILES string of the molecule is CCC(C)N(CCOC)C(=O)C1(N)CCOC1. The Hall–Kier alpha value is -0.650. The number of methoxy groups -OCH3 is 1. The minimum absolute atomic E-state index is 0.0126. The van der Waals surface area contributed by atoms with E-state index in [2.05, 4.69) is 6.92 Å². The summed E-state index contributed by atoms with van der Waals surface area (Å²) in [5.74, 6) is -0.0126. The average Bonchev–Trinajstić information content (AvgIpc) is 2.77. The van der Waals surface area contributed by atoms with E-state index in [1.807, 2.05) is 11.8 Å². The molecule has 2 N–H and O–H groups in total. The summed E-state index contributed by atoms with van der Waals surface area (Å²) in [6.45, 7) is 6.11. The van der Waals surface area contributed by atoms with E-state index in [9.17, 15) is 4.79 Å². The van der Waals surface area contributed by atoms with Gasteiger partial charge in [-0.25, -0.2) is 0 Å². The van der Waals surface area contributed by atoms with E-state index in [-0.39, 0.29) is 11.9 Å². The third kappa shape index (κ3) is 3.40. The number of hydrogen-bond donors (Lipinski definition) is 1.